The predicted octanol–water partition coefficient (Wildman–Crippen LogP) is 2.23. The minimum absolute atomic E-state index is 0.0726. The van der Waals surface area contributed by atoms with E-state index in [9.17, 15) is 14.4 Å². The summed E-state index contributed by atoms with van der Waals surface area (Å²) in [4.78, 5) is 35.5. The van der Waals surface area contributed by atoms with Crippen LogP contribution in [0.4, 0.5) is 5.69 Å². The summed E-state index contributed by atoms with van der Waals surface area (Å²) in [5.74, 6) is -1.90. The third-order valence-electron chi connectivity index (χ3n) is 2.96. The van der Waals surface area contributed by atoms with Crippen molar-refractivity contribution in [3.05, 3.63) is 28.2 Å². The largest absolute Gasteiger partial charge is 0.481 e. The molecule has 0 aromatic heterocycles. The van der Waals surface area contributed by atoms with Crippen LogP contribution in [-0.4, -0.2) is 29.3 Å². The van der Waals surface area contributed by atoms with Crippen molar-refractivity contribution < 1.29 is 19.5 Å². The van der Waals surface area contributed by atoms with Crippen molar-refractivity contribution >= 4 is 39.3 Å². The summed E-state index contributed by atoms with van der Waals surface area (Å²) in [5.41, 5.74) is 1.01. The van der Waals surface area contributed by atoms with E-state index in [2.05, 4.69) is 15.9 Å². The molecule has 19 heavy (non-hydrogen) atoms. The number of rotatable bonds is 5. The summed E-state index contributed by atoms with van der Waals surface area (Å²) < 4.78 is 0.750. The lowest BCUT2D eigenvalue weighted by molar-refractivity contribution is -0.137. The molecule has 0 saturated heterocycles. The molecule has 100 valence electrons. The summed E-state index contributed by atoms with van der Waals surface area (Å²) in [6.45, 7) is 0.368. The number of halogens is 1. The Labute approximate surface area is 118 Å². The molecule has 2 rings (SSSR count). The highest BCUT2D eigenvalue weighted by molar-refractivity contribution is 9.10. The average Bonchev–Trinajstić information content (AvgIpc) is 2.59. The molecular formula is C13H12BrNO4. The highest BCUT2D eigenvalue weighted by Gasteiger charge is 2.35. The summed E-state index contributed by atoms with van der Waals surface area (Å²) >= 11 is 3.26. The second-order valence-electron chi connectivity index (χ2n) is 4.30. The number of benzene rings is 1. The van der Waals surface area contributed by atoms with Gasteiger partial charge in [0.2, 0.25) is 0 Å². The van der Waals surface area contributed by atoms with Crippen LogP contribution in [0.3, 0.4) is 0 Å². The van der Waals surface area contributed by atoms with Gasteiger partial charge in [0, 0.05) is 17.4 Å². The summed E-state index contributed by atoms with van der Waals surface area (Å²) in [6.07, 6.45) is 1.11. The smallest absolute Gasteiger partial charge is 0.303 e. The van der Waals surface area contributed by atoms with Gasteiger partial charge in [-0.15, -0.1) is 0 Å². The first-order valence-corrected chi connectivity index (χ1v) is 6.67. The Balaban J connectivity index is 2.08. The van der Waals surface area contributed by atoms with Crippen LogP contribution in [0.25, 0.3) is 0 Å². The predicted molar refractivity (Wildman–Crippen MR) is 72.3 cm³/mol. The summed E-state index contributed by atoms with van der Waals surface area (Å²) in [7, 11) is 0. The second-order valence-corrected chi connectivity index (χ2v) is 5.21. The van der Waals surface area contributed by atoms with Gasteiger partial charge >= 0.3 is 5.97 Å². The monoisotopic (exact) mass is 325 g/mol. The SMILES string of the molecule is O=C(O)CCCCN1C(=O)C(=O)c2cc(Br)ccc21. The number of amides is 1. The van der Waals surface area contributed by atoms with Gasteiger partial charge in [0.05, 0.1) is 11.3 Å². The lowest BCUT2D eigenvalue weighted by Gasteiger charge is -2.15. The Morgan fingerprint density at radius 2 is 2.00 bits per heavy atom. The Hall–Kier alpha value is -1.69. The molecule has 0 saturated carbocycles. The van der Waals surface area contributed by atoms with Crippen LogP contribution >= 0.6 is 15.9 Å². The third-order valence-corrected chi connectivity index (χ3v) is 3.45. The number of carboxylic acids is 1. The molecule has 1 heterocycles. The van der Waals surface area contributed by atoms with Crippen LogP contribution in [0, 0.1) is 0 Å². The van der Waals surface area contributed by atoms with Gasteiger partial charge in [0.25, 0.3) is 11.7 Å². The number of aliphatic carboxylic acids is 1. The van der Waals surface area contributed by atoms with Crippen molar-refractivity contribution in [1.29, 1.82) is 0 Å². The van der Waals surface area contributed by atoms with Crippen LogP contribution in [0.1, 0.15) is 29.6 Å². The van der Waals surface area contributed by atoms with Gasteiger partial charge in [-0.2, -0.15) is 0 Å². The Bertz CT molecular complexity index is 556. The van der Waals surface area contributed by atoms with Gasteiger partial charge in [-0.1, -0.05) is 15.9 Å². The molecule has 0 fully saturated rings. The van der Waals surface area contributed by atoms with Gasteiger partial charge in [-0.25, -0.2) is 0 Å². The molecule has 1 aromatic carbocycles. The molecular weight excluding hydrogens is 314 g/mol. The molecule has 5 nitrogen and oxygen atoms in total. The van der Waals surface area contributed by atoms with Gasteiger partial charge in [0.15, 0.2) is 0 Å². The zero-order valence-corrected chi connectivity index (χ0v) is 11.6. The fraction of sp³-hybridized carbons (Fsp3) is 0.308. The topological polar surface area (TPSA) is 74.7 Å². The number of hydrogen-bond donors (Lipinski definition) is 1. The van der Waals surface area contributed by atoms with E-state index in [0.29, 0.717) is 30.6 Å². The number of carbonyl (C=O) groups excluding carboxylic acids is 2. The van der Waals surface area contributed by atoms with Crippen LogP contribution in [0.5, 0.6) is 0 Å². The van der Waals surface area contributed by atoms with E-state index >= 15 is 0 Å². The molecule has 1 N–H and O–H groups in total. The number of Topliss-reactive ketones (excluding diaryl/α,β-unsaturated/α-hetero) is 1. The van der Waals surface area contributed by atoms with E-state index in [-0.39, 0.29) is 6.42 Å². The molecule has 0 spiro atoms. The van der Waals surface area contributed by atoms with E-state index < -0.39 is 17.7 Å². The van der Waals surface area contributed by atoms with E-state index in [4.69, 9.17) is 5.11 Å². The first kappa shape index (κ1) is 13.7. The van der Waals surface area contributed by atoms with Crippen molar-refractivity contribution in [1.82, 2.24) is 0 Å². The lowest BCUT2D eigenvalue weighted by atomic mass is 10.1. The third kappa shape index (κ3) is 2.84. The van der Waals surface area contributed by atoms with Crippen molar-refractivity contribution in [3.8, 4) is 0 Å². The lowest BCUT2D eigenvalue weighted by Crippen LogP contribution is -2.30. The molecule has 1 aliphatic heterocycles. The standard InChI is InChI=1S/C13H12BrNO4/c14-8-4-5-10-9(7-8)12(18)13(19)15(10)6-2-1-3-11(16)17/h4-5,7H,1-3,6H2,(H,16,17). The van der Waals surface area contributed by atoms with Gasteiger partial charge in [-0.3, -0.25) is 14.4 Å². The van der Waals surface area contributed by atoms with E-state index in [0.717, 1.165) is 4.47 Å². The minimum atomic E-state index is -0.854. The van der Waals surface area contributed by atoms with Crippen LogP contribution in [-0.2, 0) is 9.59 Å². The number of fused-ring (bicyclic) bond motifs is 1. The van der Waals surface area contributed by atoms with Crippen molar-refractivity contribution in [2.45, 2.75) is 19.3 Å². The highest BCUT2D eigenvalue weighted by Crippen LogP contribution is 2.31. The van der Waals surface area contributed by atoms with Crippen molar-refractivity contribution in [3.63, 3.8) is 0 Å². The molecule has 0 bridgehead atoms. The maximum Gasteiger partial charge on any atom is 0.303 e. The quantitative estimate of drug-likeness (QED) is 0.665. The molecule has 0 aliphatic carbocycles. The van der Waals surface area contributed by atoms with Crippen LogP contribution in [0.2, 0.25) is 0 Å². The average molecular weight is 326 g/mol. The summed E-state index contributed by atoms with van der Waals surface area (Å²) in [6, 6.07) is 5.13. The second kappa shape index (κ2) is 5.52. The van der Waals surface area contributed by atoms with E-state index in [1.54, 1.807) is 18.2 Å². The molecule has 0 radical (unpaired) electrons. The first-order chi connectivity index (χ1) is 9.00. The maximum absolute atomic E-state index is 11.8. The first-order valence-electron chi connectivity index (χ1n) is 5.88. The Morgan fingerprint density at radius 3 is 2.68 bits per heavy atom. The van der Waals surface area contributed by atoms with Crippen LogP contribution in [0.15, 0.2) is 22.7 Å². The van der Waals surface area contributed by atoms with E-state index in [1.165, 1.54) is 4.90 Å². The molecule has 1 amide bonds. The normalized spacial score (nSPS) is 13.8. The number of anilines is 1. The number of hydrogen-bond acceptors (Lipinski definition) is 3. The maximum atomic E-state index is 11.8. The van der Waals surface area contributed by atoms with E-state index in [1.807, 2.05) is 0 Å². The molecule has 1 aliphatic rings. The van der Waals surface area contributed by atoms with Gasteiger partial charge in [-0.05, 0) is 31.0 Å². The fourth-order valence-electron chi connectivity index (χ4n) is 2.04. The Kier molecular flexibility index (Phi) is 3.99. The van der Waals surface area contributed by atoms with Crippen molar-refractivity contribution in [2.75, 3.05) is 11.4 Å². The highest BCUT2D eigenvalue weighted by atomic mass is 79.9. The molecule has 0 atom stereocenters. The van der Waals surface area contributed by atoms with Crippen LogP contribution < -0.4 is 4.90 Å². The number of unbranched alkanes of at least 4 members (excludes halogenated alkanes) is 1. The minimum Gasteiger partial charge on any atom is -0.481 e. The molecule has 1 aromatic rings. The molecule has 0 unspecified atom stereocenters. The number of carbonyl (C=O) groups is 3. The number of ketones is 1. The van der Waals surface area contributed by atoms with Gasteiger partial charge in [0.1, 0.15) is 0 Å². The molecule has 6 heteroatoms. The summed E-state index contributed by atoms with van der Waals surface area (Å²) in [5, 5.41) is 8.55. The van der Waals surface area contributed by atoms with Crippen molar-refractivity contribution in [2.24, 2.45) is 0 Å². The zero-order valence-electron chi connectivity index (χ0n) is 10.1. The Morgan fingerprint density at radius 1 is 1.26 bits per heavy atom. The zero-order chi connectivity index (χ0) is 14.0. The fourth-order valence-corrected chi connectivity index (χ4v) is 2.40. The number of nitrogens with zero attached hydrogens (tertiary/aromatic N) is 1. The number of carboxylic acid groups (broad SMARTS) is 1. The van der Waals surface area contributed by atoms with Gasteiger partial charge < -0.3 is 10.0 Å².